The minimum atomic E-state index is -0.203. The van der Waals surface area contributed by atoms with Gasteiger partial charge in [0.2, 0.25) is 0 Å². The molecule has 17 heavy (non-hydrogen) atoms. The number of benzene rings is 2. The number of hydrogen-bond acceptors (Lipinski definition) is 1. The van der Waals surface area contributed by atoms with Crippen LogP contribution >= 0.6 is 0 Å². The van der Waals surface area contributed by atoms with Crippen molar-refractivity contribution in [2.75, 3.05) is 4.90 Å². The van der Waals surface area contributed by atoms with Gasteiger partial charge in [0, 0.05) is 17.4 Å². The third-order valence-corrected chi connectivity index (χ3v) is 2.66. The van der Waals surface area contributed by atoms with E-state index in [4.69, 9.17) is 0 Å². The summed E-state index contributed by atoms with van der Waals surface area (Å²) in [6.45, 7) is 4.24. The molecule has 0 spiro atoms. The first-order valence-electron chi connectivity index (χ1n) is 5.78. The molecule has 2 heteroatoms. The van der Waals surface area contributed by atoms with Gasteiger partial charge in [-0.25, -0.2) is 4.39 Å². The lowest BCUT2D eigenvalue weighted by atomic mass is 10.2. The molecule has 2 rings (SSSR count). The van der Waals surface area contributed by atoms with Gasteiger partial charge in [-0.15, -0.1) is 0 Å². The SMILES string of the molecule is CC(C)N(c1ccccc1)c1ccc(F)cc1. The molecule has 0 N–H and O–H groups in total. The minimum Gasteiger partial charge on any atom is -0.339 e. The molecule has 0 unspecified atom stereocenters. The third kappa shape index (κ3) is 2.64. The second kappa shape index (κ2) is 5.00. The summed E-state index contributed by atoms with van der Waals surface area (Å²) < 4.78 is 12.9. The molecule has 0 heterocycles. The van der Waals surface area contributed by atoms with Crippen molar-refractivity contribution < 1.29 is 4.39 Å². The molecule has 0 bridgehead atoms. The number of nitrogens with zero attached hydrogens (tertiary/aromatic N) is 1. The quantitative estimate of drug-likeness (QED) is 0.755. The van der Waals surface area contributed by atoms with Crippen LogP contribution in [0.1, 0.15) is 13.8 Å². The predicted molar refractivity (Wildman–Crippen MR) is 70.1 cm³/mol. The van der Waals surface area contributed by atoms with Crippen molar-refractivity contribution >= 4 is 11.4 Å². The lowest BCUT2D eigenvalue weighted by molar-refractivity contribution is 0.627. The molecule has 0 saturated heterocycles. The molecule has 1 nitrogen and oxygen atoms in total. The maximum atomic E-state index is 12.9. The van der Waals surface area contributed by atoms with E-state index < -0.39 is 0 Å². The molecular formula is C15H16FN. The van der Waals surface area contributed by atoms with Crippen molar-refractivity contribution in [3.8, 4) is 0 Å². The van der Waals surface area contributed by atoms with Crippen LogP contribution in [0.25, 0.3) is 0 Å². The minimum absolute atomic E-state index is 0.203. The Morgan fingerprint density at radius 2 is 1.35 bits per heavy atom. The summed E-state index contributed by atoms with van der Waals surface area (Å²) in [6.07, 6.45) is 0. The van der Waals surface area contributed by atoms with Crippen molar-refractivity contribution in [2.45, 2.75) is 19.9 Å². The molecule has 0 aliphatic heterocycles. The molecule has 0 amide bonds. The molecule has 0 aromatic heterocycles. The highest BCUT2D eigenvalue weighted by atomic mass is 19.1. The Morgan fingerprint density at radius 3 is 1.88 bits per heavy atom. The molecular weight excluding hydrogens is 213 g/mol. The Morgan fingerprint density at radius 1 is 0.824 bits per heavy atom. The van der Waals surface area contributed by atoms with Gasteiger partial charge in [-0.3, -0.25) is 0 Å². The van der Waals surface area contributed by atoms with Crippen LogP contribution in [-0.2, 0) is 0 Å². The normalized spacial score (nSPS) is 10.6. The van der Waals surface area contributed by atoms with Crippen molar-refractivity contribution in [3.05, 3.63) is 60.4 Å². The monoisotopic (exact) mass is 229 g/mol. The lowest BCUT2D eigenvalue weighted by Crippen LogP contribution is -2.25. The molecule has 0 atom stereocenters. The average molecular weight is 229 g/mol. The fourth-order valence-corrected chi connectivity index (χ4v) is 1.94. The van der Waals surface area contributed by atoms with Gasteiger partial charge in [0.1, 0.15) is 5.82 Å². The Balaban J connectivity index is 2.39. The van der Waals surface area contributed by atoms with Gasteiger partial charge >= 0.3 is 0 Å². The molecule has 0 aliphatic carbocycles. The van der Waals surface area contributed by atoms with E-state index in [2.05, 4.69) is 30.9 Å². The maximum Gasteiger partial charge on any atom is 0.123 e. The molecule has 0 saturated carbocycles. The molecule has 0 fully saturated rings. The number of anilines is 2. The highest BCUT2D eigenvalue weighted by molar-refractivity contribution is 5.63. The van der Waals surface area contributed by atoms with E-state index in [1.54, 1.807) is 0 Å². The van der Waals surface area contributed by atoms with Gasteiger partial charge < -0.3 is 4.90 Å². The zero-order valence-corrected chi connectivity index (χ0v) is 10.1. The first kappa shape index (κ1) is 11.6. The van der Waals surface area contributed by atoms with Crippen LogP contribution in [0.2, 0.25) is 0 Å². The number of para-hydroxylation sites is 1. The molecule has 0 aliphatic rings. The van der Waals surface area contributed by atoms with Gasteiger partial charge in [0.05, 0.1) is 0 Å². The molecule has 2 aromatic rings. The van der Waals surface area contributed by atoms with Crippen LogP contribution in [0.4, 0.5) is 15.8 Å². The van der Waals surface area contributed by atoms with Crippen molar-refractivity contribution in [1.29, 1.82) is 0 Å². The zero-order chi connectivity index (χ0) is 12.3. The fraction of sp³-hybridized carbons (Fsp3) is 0.200. The zero-order valence-electron chi connectivity index (χ0n) is 10.1. The largest absolute Gasteiger partial charge is 0.339 e. The van der Waals surface area contributed by atoms with E-state index in [-0.39, 0.29) is 5.82 Å². The van der Waals surface area contributed by atoms with E-state index in [0.717, 1.165) is 11.4 Å². The second-order valence-corrected chi connectivity index (χ2v) is 4.28. The topological polar surface area (TPSA) is 3.24 Å². The number of hydrogen-bond donors (Lipinski definition) is 0. The van der Waals surface area contributed by atoms with E-state index in [9.17, 15) is 4.39 Å². The van der Waals surface area contributed by atoms with Crippen LogP contribution < -0.4 is 4.90 Å². The highest BCUT2D eigenvalue weighted by Gasteiger charge is 2.12. The van der Waals surface area contributed by atoms with Gasteiger partial charge in [0.25, 0.3) is 0 Å². The van der Waals surface area contributed by atoms with E-state index >= 15 is 0 Å². The number of rotatable bonds is 3. The Labute approximate surface area is 102 Å². The molecule has 2 aromatic carbocycles. The van der Waals surface area contributed by atoms with E-state index in [0.29, 0.717) is 6.04 Å². The first-order chi connectivity index (χ1) is 8.18. The third-order valence-electron chi connectivity index (χ3n) is 2.66. The van der Waals surface area contributed by atoms with Crippen LogP contribution in [-0.4, -0.2) is 6.04 Å². The summed E-state index contributed by atoms with van der Waals surface area (Å²) in [6, 6.07) is 17.1. The smallest absolute Gasteiger partial charge is 0.123 e. The summed E-state index contributed by atoms with van der Waals surface area (Å²) >= 11 is 0. The van der Waals surface area contributed by atoms with E-state index in [1.165, 1.54) is 12.1 Å². The van der Waals surface area contributed by atoms with Crippen LogP contribution in [0.3, 0.4) is 0 Å². The van der Waals surface area contributed by atoms with Crippen LogP contribution in [0.5, 0.6) is 0 Å². The summed E-state index contributed by atoms with van der Waals surface area (Å²) in [4.78, 5) is 2.18. The standard InChI is InChI=1S/C15H16FN/c1-12(2)17(14-6-4-3-5-7-14)15-10-8-13(16)9-11-15/h3-12H,1-2H3. The van der Waals surface area contributed by atoms with Crippen molar-refractivity contribution in [2.24, 2.45) is 0 Å². The first-order valence-corrected chi connectivity index (χ1v) is 5.78. The maximum absolute atomic E-state index is 12.9. The second-order valence-electron chi connectivity index (χ2n) is 4.28. The summed E-state index contributed by atoms with van der Waals surface area (Å²) in [5.74, 6) is -0.203. The Hall–Kier alpha value is -1.83. The van der Waals surface area contributed by atoms with Gasteiger partial charge in [-0.05, 0) is 50.2 Å². The number of halogens is 1. The van der Waals surface area contributed by atoms with Crippen molar-refractivity contribution in [1.82, 2.24) is 0 Å². The van der Waals surface area contributed by atoms with Crippen LogP contribution in [0.15, 0.2) is 54.6 Å². The highest BCUT2D eigenvalue weighted by Crippen LogP contribution is 2.27. The fourth-order valence-electron chi connectivity index (χ4n) is 1.94. The van der Waals surface area contributed by atoms with Gasteiger partial charge in [0.15, 0.2) is 0 Å². The van der Waals surface area contributed by atoms with Crippen molar-refractivity contribution in [3.63, 3.8) is 0 Å². The average Bonchev–Trinajstić information content (AvgIpc) is 2.33. The predicted octanol–water partition coefficient (Wildman–Crippen LogP) is 4.37. The Bertz CT molecular complexity index is 462. The Kier molecular flexibility index (Phi) is 3.43. The summed E-state index contributed by atoms with van der Waals surface area (Å²) in [7, 11) is 0. The summed E-state index contributed by atoms with van der Waals surface area (Å²) in [5, 5.41) is 0. The van der Waals surface area contributed by atoms with Gasteiger partial charge in [-0.2, -0.15) is 0 Å². The van der Waals surface area contributed by atoms with Gasteiger partial charge in [-0.1, -0.05) is 18.2 Å². The summed E-state index contributed by atoms with van der Waals surface area (Å²) in [5.41, 5.74) is 2.13. The molecule has 88 valence electrons. The molecule has 0 radical (unpaired) electrons. The lowest BCUT2D eigenvalue weighted by Gasteiger charge is -2.29. The van der Waals surface area contributed by atoms with Crippen LogP contribution in [0, 0.1) is 5.82 Å². The van der Waals surface area contributed by atoms with E-state index in [1.807, 2.05) is 30.3 Å².